The molecule has 0 amide bonds. The van der Waals surface area contributed by atoms with Gasteiger partial charge in [-0.05, 0) is 43.2 Å². The normalized spacial score (nSPS) is 15.3. The monoisotopic (exact) mass is 567 g/mol. The lowest BCUT2D eigenvalue weighted by atomic mass is 9.96. The van der Waals surface area contributed by atoms with Gasteiger partial charge in [0, 0.05) is 34.2 Å². The molecule has 6 rings (SSSR count). The van der Waals surface area contributed by atoms with Crippen molar-refractivity contribution in [1.82, 2.24) is 9.13 Å². The molecule has 0 radical (unpaired) electrons. The number of para-hydroxylation sites is 1. The Kier molecular flexibility index (Phi) is 7.00. The van der Waals surface area contributed by atoms with Crippen LogP contribution in [-0.4, -0.2) is 21.7 Å². The molecule has 0 aliphatic carbocycles. The maximum atomic E-state index is 14.0. The summed E-state index contributed by atoms with van der Waals surface area (Å²) in [6, 6.07) is 24.8. The standard InChI is InChI=1S/C32H26ClN3O3S/c1-3-39-31(38)28-20(2)34-32-36(29(28)21-11-5-4-6-12-21)30(37)27(40-32)17-23-19-35(26-16-10-8-14-24(23)26)18-22-13-7-9-15-25(22)33/h4-17,19,29H,3,18H2,1-2H3/b27-17+. The Labute approximate surface area is 239 Å². The van der Waals surface area contributed by atoms with Crippen molar-refractivity contribution in [3.63, 3.8) is 0 Å². The van der Waals surface area contributed by atoms with Crippen LogP contribution in [0.15, 0.2) is 106 Å². The number of halogens is 1. The molecule has 200 valence electrons. The number of hydrogen-bond acceptors (Lipinski definition) is 5. The summed E-state index contributed by atoms with van der Waals surface area (Å²) in [4.78, 5) is 32.3. The molecule has 0 fully saturated rings. The molecule has 8 heteroatoms. The maximum Gasteiger partial charge on any atom is 0.338 e. The molecule has 1 aliphatic rings. The molecular formula is C32H26ClN3O3S. The summed E-state index contributed by atoms with van der Waals surface area (Å²) in [5, 5.41) is 1.74. The third kappa shape index (κ3) is 4.61. The van der Waals surface area contributed by atoms with Gasteiger partial charge in [0.25, 0.3) is 5.56 Å². The van der Waals surface area contributed by atoms with Crippen molar-refractivity contribution in [3.05, 3.63) is 138 Å². The predicted octanol–water partition coefficient (Wildman–Crippen LogP) is 5.45. The molecule has 1 unspecified atom stereocenters. The van der Waals surface area contributed by atoms with Crippen LogP contribution in [0.5, 0.6) is 0 Å². The highest BCUT2D eigenvalue weighted by Gasteiger charge is 2.33. The first-order chi connectivity index (χ1) is 19.5. The average molecular weight is 568 g/mol. The molecule has 6 nitrogen and oxygen atoms in total. The van der Waals surface area contributed by atoms with Gasteiger partial charge in [0.2, 0.25) is 0 Å². The van der Waals surface area contributed by atoms with Crippen LogP contribution in [0.4, 0.5) is 0 Å². The molecule has 3 aromatic carbocycles. The SMILES string of the molecule is CCOC(=O)C1=C(C)N=c2s/c(=C/c3cn(Cc4ccccc4Cl)c4ccccc34)c(=O)n2C1c1ccccc1. The zero-order valence-corrected chi connectivity index (χ0v) is 23.6. The van der Waals surface area contributed by atoms with Crippen LogP contribution in [0.1, 0.15) is 36.6 Å². The zero-order valence-electron chi connectivity index (χ0n) is 22.0. The number of rotatable bonds is 6. The molecule has 1 aliphatic heterocycles. The van der Waals surface area contributed by atoms with E-state index in [2.05, 4.69) is 27.9 Å². The second kappa shape index (κ2) is 10.8. The fraction of sp³-hybridized carbons (Fsp3) is 0.156. The highest BCUT2D eigenvalue weighted by atomic mass is 35.5. The van der Waals surface area contributed by atoms with Crippen LogP contribution < -0.4 is 14.9 Å². The molecule has 3 heterocycles. The zero-order chi connectivity index (χ0) is 27.8. The molecule has 40 heavy (non-hydrogen) atoms. The van der Waals surface area contributed by atoms with Gasteiger partial charge in [-0.1, -0.05) is 89.7 Å². The Morgan fingerprint density at radius 2 is 1.77 bits per heavy atom. The van der Waals surface area contributed by atoms with Crippen molar-refractivity contribution in [3.8, 4) is 0 Å². The van der Waals surface area contributed by atoms with Gasteiger partial charge in [0.15, 0.2) is 4.80 Å². The van der Waals surface area contributed by atoms with E-state index in [1.807, 2.05) is 72.8 Å². The average Bonchev–Trinajstić information content (AvgIpc) is 3.46. The van der Waals surface area contributed by atoms with E-state index in [-0.39, 0.29) is 12.2 Å². The molecule has 0 N–H and O–H groups in total. The first-order valence-corrected chi connectivity index (χ1v) is 14.2. The van der Waals surface area contributed by atoms with Gasteiger partial charge in [-0.3, -0.25) is 9.36 Å². The molecule has 0 bridgehead atoms. The summed E-state index contributed by atoms with van der Waals surface area (Å²) in [5.41, 5.74) is 4.54. The Morgan fingerprint density at radius 3 is 2.55 bits per heavy atom. The molecule has 5 aromatic rings. The Hall–Kier alpha value is -4.20. The second-order valence-corrected chi connectivity index (χ2v) is 11.0. The van der Waals surface area contributed by atoms with Crippen LogP contribution in [0.3, 0.4) is 0 Å². The van der Waals surface area contributed by atoms with Gasteiger partial charge in [-0.25, -0.2) is 9.79 Å². The van der Waals surface area contributed by atoms with Gasteiger partial charge in [-0.15, -0.1) is 0 Å². The summed E-state index contributed by atoms with van der Waals surface area (Å²) in [5.74, 6) is -0.463. The highest BCUT2D eigenvalue weighted by Crippen LogP contribution is 2.31. The van der Waals surface area contributed by atoms with Gasteiger partial charge in [0.1, 0.15) is 0 Å². The quantitative estimate of drug-likeness (QED) is 0.256. The Bertz CT molecular complexity index is 1970. The Balaban J connectivity index is 1.52. The lowest BCUT2D eigenvalue weighted by Crippen LogP contribution is -2.39. The molecule has 1 atom stereocenters. The smallest absolute Gasteiger partial charge is 0.338 e. The number of ether oxygens (including phenoxy) is 1. The number of benzene rings is 3. The van der Waals surface area contributed by atoms with E-state index in [0.717, 1.165) is 27.6 Å². The number of aromatic nitrogens is 2. The van der Waals surface area contributed by atoms with Crippen molar-refractivity contribution in [1.29, 1.82) is 0 Å². The molecule has 0 spiro atoms. The topological polar surface area (TPSA) is 65.6 Å². The summed E-state index contributed by atoms with van der Waals surface area (Å²) >= 11 is 7.78. The first-order valence-electron chi connectivity index (χ1n) is 13.0. The van der Waals surface area contributed by atoms with E-state index in [0.29, 0.717) is 32.2 Å². The number of nitrogens with zero attached hydrogens (tertiary/aromatic N) is 3. The van der Waals surface area contributed by atoms with Crippen LogP contribution in [0.2, 0.25) is 5.02 Å². The summed E-state index contributed by atoms with van der Waals surface area (Å²) in [6.07, 6.45) is 3.97. The first kappa shape index (κ1) is 26.0. The predicted molar refractivity (Wildman–Crippen MR) is 159 cm³/mol. The van der Waals surface area contributed by atoms with Crippen LogP contribution in [0, 0.1) is 0 Å². The van der Waals surface area contributed by atoms with Crippen molar-refractivity contribution < 1.29 is 9.53 Å². The number of carbonyl (C=O) groups excluding carboxylic acids is 1. The lowest BCUT2D eigenvalue weighted by Gasteiger charge is -2.24. The molecule has 0 saturated heterocycles. The van der Waals surface area contributed by atoms with Gasteiger partial charge in [-0.2, -0.15) is 0 Å². The number of hydrogen-bond donors (Lipinski definition) is 0. The van der Waals surface area contributed by atoms with Crippen molar-refractivity contribution in [2.45, 2.75) is 26.4 Å². The number of allylic oxidation sites excluding steroid dienone is 1. The van der Waals surface area contributed by atoms with E-state index in [1.54, 1.807) is 18.4 Å². The van der Waals surface area contributed by atoms with Crippen molar-refractivity contribution >= 4 is 45.9 Å². The van der Waals surface area contributed by atoms with Crippen LogP contribution in [-0.2, 0) is 16.1 Å². The van der Waals surface area contributed by atoms with Crippen LogP contribution in [0.25, 0.3) is 17.0 Å². The van der Waals surface area contributed by atoms with Gasteiger partial charge in [0.05, 0.1) is 28.5 Å². The third-order valence-electron chi connectivity index (χ3n) is 7.04. The van der Waals surface area contributed by atoms with E-state index < -0.39 is 12.0 Å². The minimum absolute atomic E-state index is 0.199. The minimum atomic E-state index is -0.625. The Morgan fingerprint density at radius 1 is 1.05 bits per heavy atom. The molecular weight excluding hydrogens is 542 g/mol. The van der Waals surface area contributed by atoms with E-state index in [4.69, 9.17) is 16.3 Å². The van der Waals surface area contributed by atoms with Crippen LogP contribution >= 0.6 is 22.9 Å². The third-order valence-corrected chi connectivity index (χ3v) is 8.39. The van der Waals surface area contributed by atoms with E-state index in [9.17, 15) is 9.59 Å². The second-order valence-electron chi connectivity index (χ2n) is 9.53. The lowest BCUT2D eigenvalue weighted by molar-refractivity contribution is -0.139. The summed E-state index contributed by atoms with van der Waals surface area (Å²) < 4.78 is 9.69. The fourth-order valence-corrected chi connectivity index (χ4v) is 6.45. The number of esters is 1. The minimum Gasteiger partial charge on any atom is -0.463 e. The highest BCUT2D eigenvalue weighted by molar-refractivity contribution is 7.07. The summed E-state index contributed by atoms with van der Waals surface area (Å²) in [7, 11) is 0. The molecule has 2 aromatic heterocycles. The molecule has 0 saturated carbocycles. The fourth-order valence-electron chi connectivity index (χ4n) is 5.21. The van der Waals surface area contributed by atoms with Gasteiger partial charge >= 0.3 is 5.97 Å². The van der Waals surface area contributed by atoms with E-state index in [1.165, 1.54) is 11.3 Å². The van der Waals surface area contributed by atoms with Gasteiger partial charge < -0.3 is 9.30 Å². The van der Waals surface area contributed by atoms with E-state index >= 15 is 0 Å². The van der Waals surface area contributed by atoms with Crippen molar-refractivity contribution in [2.75, 3.05) is 6.61 Å². The number of fused-ring (bicyclic) bond motifs is 2. The number of thiazole rings is 1. The number of carbonyl (C=O) groups is 1. The largest absolute Gasteiger partial charge is 0.463 e. The summed E-state index contributed by atoms with van der Waals surface area (Å²) in [6.45, 7) is 4.40. The maximum absolute atomic E-state index is 14.0. The van der Waals surface area contributed by atoms with Crippen molar-refractivity contribution in [2.24, 2.45) is 4.99 Å².